The number of nitrogens with zero attached hydrogens (tertiary/aromatic N) is 2. The summed E-state index contributed by atoms with van der Waals surface area (Å²) >= 11 is 0. The standard InChI is InChI=1S/C16H24N4/c1-13-4-3-5-14(10-13)6-8-16(19-17)9-7-15-11-18-20(2)12-15/h3-5,10-12,16,19H,6-9,17H2,1-2H3. The molecule has 0 radical (unpaired) electrons. The van der Waals surface area contributed by atoms with Gasteiger partial charge in [-0.05, 0) is 43.7 Å². The molecule has 0 aliphatic carbocycles. The summed E-state index contributed by atoms with van der Waals surface area (Å²) in [6.45, 7) is 2.13. The maximum absolute atomic E-state index is 5.67. The molecule has 0 saturated heterocycles. The van der Waals surface area contributed by atoms with E-state index in [1.807, 2.05) is 17.9 Å². The Kier molecular flexibility index (Phi) is 5.32. The molecule has 0 aliphatic rings. The summed E-state index contributed by atoms with van der Waals surface area (Å²) in [7, 11) is 1.94. The highest BCUT2D eigenvalue weighted by molar-refractivity contribution is 5.22. The van der Waals surface area contributed by atoms with Gasteiger partial charge in [0, 0.05) is 19.3 Å². The third-order valence-corrected chi connectivity index (χ3v) is 3.64. The number of hydrogen-bond donors (Lipinski definition) is 2. The van der Waals surface area contributed by atoms with Gasteiger partial charge >= 0.3 is 0 Å². The zero-order valence-corrected chi connectivity index (χ0v) is 12.3. The summed E-state index contributed by atoms with van der Waals surface area (Å²) in [6.07, 6.45) is 8.15. The third kappa shape index (κ3) is 4.47. The lowest BCUT2D eigenvalue weighted by Crippen LogP contribution is -2.35. The van der Waals surface area contributed by atoms with Crippen molar-refractivity contribution in [2.45, 2.75) is 38.6 Å². The summed E-state index contributed by atoms with van der Waals surface area (Å²) in [6, 6.07) is 9.02. The summed E-state index contributed by atoms with van der Waals surface area (Å²) in [5, 5.41) is 4.19. The van der Waals surface area contributed by atoms with Crippen molar-refractivity contribution in [2.75, 3.05) is 0 Å². The van der Waals surface area contributed by atoms with Crippen molar-refractivity contribution in [1.82, 2.24) is 15.2 Å². The van der Waals surface area contributed by atoms with Crippen LogP contribution >= 0.6 is 0 Å². The molecule has 0 fully saturated rings. The molecular weight excluding hydrogens is 248 g/mol. The first-order valence-corrected chi connectivity index (χ1v) is 7.16. The molecular formula is C16H24N4. The van der Waals surface area contributed by atoms with E-state index in [0.29, 0.717) is 6.04 Å². The van der Waals surface area contributed by atoms with Gasteiger partial charge in [-0.1, -0.05) is 29.8 Å². The first-order valence-electron chi connectivity index (χ1n) is 7.16. The van der Waals surface area contributed by atoms with Gasteiger partial charge in [0.05, 0.1) is 6.20 Å². The molecule has 4 heteroatoms. The maximum atomic E-state index is 5.67. The maximum Gasteiger partial charge on any atom is 0.0521 e. The fourth-order valence-corrected chi connectivity index (χ4v) is 2.46. The Morgan fingerprint density at radius 1 is 1.25 bits per heavy atom. The number of hydrogen-bond acceptors (Lipinski definition) is 3. The van der Waals surface area contributed by atoms with E-state index in [2.05, 4.69) is 47.9 Å². The van der Waals surface area contributed by atoms with Crippen molar-refractivity contribution >= 4 is 0 Å². The average Bonchev–Trinajstić information content (AvgIpc) is 2.85. The first kappa shape index (κ1) is 14.8. The Bertz CT molecular complexity index is 533. The lowest BCUT2D eigenvalue weighted by molar-refractivity contribution is 0.464. The number of aryl methyl sites for hydroxylation is 4. The summed E-state index contributed by atoms with van der Waals surface area (Å²) in [5.74, 6) is 5.67. The normalized spacial score (nSPS) is 12.6. The Balaban J connectivity index is 1.80. The van der Waals surface area contributed by atoms with Crippen LogP contribution in [-0.4, -0.2) is 15.8 Å². The molecule has 0 amide bonds. The Hall–Kier alpha value is -1.65. The van der Waals surface area contributed by atoms with E-state index in [1.54, 1.807) is 0 Å². The van der Waals surface area contributed by atoms with Crippen molar-refractivity contribution in [3.05, 3.63) is 53.3 Å². The van der Waals surface area contributed by atoms with Gasteiger partial charge < -0.3 is 0 Å². The lowest BCUT2D eigenvalue weighted by Gasteiger charge is -2.15. The molecule has 0 spiro atoms. The second kappa shape index (κ2) is 7.22. The van der Waals surface area contributed by atoms with Crippen LogP contribution in [0.4, 0.5) is 0 Å². The molecule has 3 N–H and O–H groups in total. The van der Waals surface area contributed by atoms with Crippen LogP contribution in [0.3, 0.4) is 0 Å². The van der Waals surface area contributed by atoms with Gasteiger partial charge in [-0.25, -0.2) is 0 Å². The van der Waals surface area contributed by atoms with E-state index in [9.17, 15) is 0 Å². The van der Waals surface area contributed by atoms with E-state index in [1.165, 1.54) is 16.7 Å². The molecule has 108 valence electrons. The van der Waals surface area contributed by atoms with E-state index < -0.39 is 0 Å². The average molecular weight is 272 g/mol. The fourth-order valence-electron chi connectivity index (χ4n) is 2.46. The molecule has 1 heterocycles. The Labute approximate surface area is 121 Å². The van der Waals surface area contributed by atoms with Crippen molar-refractivity contribution in [1.29, 1.82) is 0 Å². The van der Waals surface area contributed by atoms with Gasteiger partial charge in [0.1, 0.15) is 0 Å². The molecule has 20 heavy (non-hydrogen) atoms. The number of nitrogens with one attached hydrogen (secondary N) is 1. The third-order valence-electron chi connectivity index (χ3n) is 3.64. The summed E-state index contributed by atoms with van der Waals surface area (Å²) < 4.78 is 1.84. The Morgan fingerprint density at radius 3 is 2.60 bits per heavy atom. The SMILES string of the molecule is Cc1cccc(CCC(CCc2cnn(C)c2)NN)c1. The van der Waals surface area contributed by atoms with Gasteiger partial charge in [0.2, 0.25) is 0 Å². The number of nitrogens with two attached hydrogens (primary N) is 1. The van der Waals surface area contributed by atoms with Crippen LogP contribution in [0.15, 0.2) is 36.7 Å². The minimum atomic E-state index is 0.343. The van der Waals surface area contributed by atoms with E-state index in [4.69, 9.17) is 5.84 Å². The fraction of sp³-hybridized carbons (Fsp3) is 0.438. The zero-order chi connectivity index (χ0) is 14.4. The highest BCUT2D eigenvalue weighted by Gasteiger charge is 2.08. The second-order valence-electron chi connectivity index (χ2n) is 5.45. The molecule has 4 nitrogen and oxygen atoms in total. The van der Waals surface area contributed by atoms with Crippen molar-refractivity contribution in [3.63, 3.8) is 0 Å². The van der Waals surface area contributed by atoms with Crippen LogP contribution in [0, 0.1) is 6.92 Å². The molecule has 1 aromatic carbocycles. The van der Waals surface area contributed by atoms with Crippen LogP contribution in [0.2, 0.25) is 0 Å². The van der Waals surface area contributed by atoms with Gasteiger partial charge in [-0.3, -0.25) is 16.0 Å². The number of hydrazine groups is 1. The molecule has 0 saturated carbocycles. The van der Waals surface area contributed by atoms with E-state index >= 15 is 0 Å². The molecule has 2 aromatic rings. The highest BCUT2D eigenvalue weighted by atomic mass is 15.2. The van der Waals surface area contributed by atoms with Gasteiger partial charge in [0.25, 0.3) is 0 Å². The minimum absolute atomic E-state index is 0.343. The molecule has 1 atom stereocenters. The summed E-state index contributed by atoms with van der Waals surface area (Å²) in [4.78, 5) is 0. The minimum Gasteiger partial charge on any atom is -0.276 e. The van der Waals surface area contributed by atoms with Crippen molar-refractivity contribution in [2.24, 2.45) is 12.9 Å². The van der Waals surface area contributed by atoms with Gasteiger partial charge in [-0.15, -0.1) is 0 Å². The van der Waals surface area contributed by atoms with Crippen molar-refractivity contribution in [3.8, 4) is 0 Å². The molecule has 1 unspecified atom stereocenters. The predicted octanol–water partition coefficient (Wildman–Crippen LogP) is 2.13. The van der Waals surface area contributed by atoms with Crippen LogP contribution in [-0.2, 0) is 19.9 Å². The van der Waals surface area contributed by atoms with Crippen LogP contribution in [0.1, 0.15) is 29.5 Å². The zero-order valence-electron chi connectivity index (χ0n) is 12.3. The monoisotopic (exact) mass is 272 g/mol. The smallest absolute Gasteiger partial charge is 0.0521 e. The van der Waals surface area contributed by atoms with Gasteiger partial charge in [-0.2, -0.15) is 5.10 Å². The molecule has 2 rings (SSSR count). The second-order valence-corrected chi connectivity index (χ2v) is 5.45. The molecule has 0 bridgehead atoms. The topological polar surface area (TPSA) is 55.9 Å². The predicted molar refractivity (Wildman–Crippen MR) is 82.1 cm³/mol. The van der Waals surface area contributed by atoms with E-state index in [-0.39, 0.29) is 0 Å². The quantitative estimate of drug-likeness (QED) is 0.599. The largest absolute Gasteiger partial charge is 0.276 e. The summed E-state index contributed by atoms with van der Waals surface area (Å²) in [5.41, 5.74) is 6.90. The lowest BCUT2D eigenvalue weighted by atomic mass is 10.00. The molecule has 0 aliphatic heterocycles. The Morgan fingerprint density at radius 2 is 2.00 bits per heavy atom. The van der Waals surface area contributed by atoms with Crippen LogP contribution < -0.4 is 11.3 Å². The van der Waals surface area contributed by atoms with Gasteiger partial charge in [0.15, 0.2) is 0 Å². The number of aromatic nitrogens is 2. The highest BCUT2D eigenvalue weighted by Crippen LogP contribution is 2.11. The first-order chi connectivity index (χ1) is 9.67. The van der Waals surface area contributed by atoms with Crippen molar-refractivity contribution < 1.29 is 0 Å². The molecule has 1 aromatic heterocycles. The van der Waals surface area contributed by atoms with Crippen LogP contribution in [0.5, 0.6) is 0 Å². The van der Waals surface area contributed by atoms with Crippen LogP contribution in [0.25, 0.3) is 0 Å². The van der Waals surface area contributed by atoms with E-state index in [0.717, 1.165) is 25.7 Å². The number of rotatable bonds is 7. The number of benzene rings is 1.